The molecule has 0 amide bonds. The van der Waals surface area contributed by atoms with Crippen LogP contribution in [0.2, 0.25) is 0 Å². The average molecular weight is 367 g/mol. The van der Waals surface area contributed by atoms with Crippen LogP contribution in [0.5, 0.6) is 0 Å². The van der Waals surface area contributed by atoms with Crippen LogP contribution in [0.25, 0.3) is 10.9 Å². The van der Waals surface area contributed by atoms with Crippen molar-refractivity contribution >= 4 is 22.4 Å². The van der Waals surface area contributed by atoms with Crippen LogP contribution < -0.4 is 16.0 Å². The minimum absolute atomic E-state index is 0.244. The summed E-state index contributed by atoms with van der Waals surface area (Å²) in [7, 11) is 0. The Kier molecular flexibility index (Phi) is 4.06. The van der Waals surface area contributed by atoms with Gasteiger partial charge in [0.2, 0.25) is 0 Å². The van der Waals surface area contributed by atoms with Crippen molar-refractivity contribution in [1.29, 1.82) is 0 Å². The van der Waals surface area contributed by atoms with Gasteiger partial charge < -0.3 is 20.7 Å². The number of fused-ring (bicyclic) bond motifs is 1. The maximum atomic E-state index is 5.97. The van der Waals surface area contributed by atoms with Crippen molar-refractivity contribution in [2.45, 2.75) is 63.8 Å². The van der Waals surface area contributed by atoms with Crippen molar-refractivity contribution in [3.63, 3.8) is 0 Å². The summed E-state index contributed by atoms with van der Waals surface area (Å²) in [5, 5.41) is 4.90. The van der Waals surface area contributed by atoms with Gasteiger partial charge in [0, 0.05) is 36.2 Å². The van der Waals surface area contributed by atoms with Crippen molar-refractivity contribution in [3.8, 4) is 0 Å². The number of ether oxygens (including phenoxy) is 1. The van der Waals surface area contributed by atoms with Crippen LogP contribution in [0.4, 0.5) is 11.5 Å². The number of nitrogens with zero attached hydrogens (tertiary/aromatic N) is 2. The molecule has 144 valence electrons. The molecular formula is C22H30N4O. The molecule has 3 fully saturated rings. The van der Waals surface area contributed by atoms with Gasteiger partial charge in [0.15, 0.2) is 0 Å². The monoisotopic (exact) mass is 366 g/mol. The van der Waals surface area contributed by atoms with Gasteiger partial charge in [0.05, 0.1) is 17.7 Å². The molecule has 5 rings (SSSR count). The lowest BCUT2D eigenvalue weighted by atomic mass is 9.52. The first-order valence-electron chi connectivity index (χ1n) is 10.3. The van der Waals surface area contributed by atoms with Gasteiger partial charge in [0.25, 0.3) is 0 Å². The van der Waals surface area contributed by atoms with Crippen LogP contribution in [0.15, 0.2) is 30.3 Å². The highest BCUT2D eigenvalue weighted by Crippen LogP contribution is 2.55. The number of nitrogens with two attached hydrogens (primary N) is 1. The molecule has 2 saturated carbocycles. The van der Waals surface area contributed by atoms with E-state index in [1.807, 2.05) is 0 Å². The molecule has 5 nitrogen and oxygen atoms in total. The third kappa shape index (κ3) is 3.27. The number of pyridine rings is 1. The molecule has 2 atom stereocenters. The Bertz CT molecular complexity index is 829. The molecule has 1 aromatic heterocycles. The Morgan fingerprint density at radius 1 is 1.07 bits per heavy atom. The molecule has 0 bridgehead atoms. The van der Waals surface area contributed by atoms with Gasteiger partial charge in [-0.2, -0.15) is 0 Å². The molecule has 5 heteroatoms. The Morgan fingerprint density at radius 3 is 2.52 bits per heavy atom. The summed E-state index contributed by atoms with van der Waals surface area (Å²) in [5.41, 5.74) is 8.79. The van der Waals surface area contributed by atoms with E-state index in [-0.39, 0.29) is 12.2 Å². The fourth-order valence-electron chi connectivity index (χ4n) is 5.45. The summed E-state index contributed by atoms with van der Waals surface area (Å²) in [5.74, 6) is 1.05. The number of anilines is 2. The fraction of sp³-hybridized carbons (Fsp3) is 0.591. The van der Waals surface area contributed by atoms with E-state index in [1.54, 1.807) is 0 Å². The van der Waals surface area contributed by atoms with Crippen LogP contribution in [0.3, 0.4) is 0 Å². The van der Waals surface area contributed by atoms with Crippen LogP contribution >= 0.6 is 0 Å². The highest BCUT2D eigenvalue weighted by Gasteiger charge is 2.51. The van der Waals surface area contributed by atoms with Gasteiger partial charge in [-0.3, -0.25) is 0 Å². The van der Waals surface area contributed by atoms with Gasteiger partial charge in [-0.25, -0.2) is 4.98 Å². The molecule has 2 heterocycles. The summed E-state index contributed by atoms with van der Waals surface area (Å²) >= 11 is 0. The van der Waals surface area contributed by atoms with Crippen molar-refractivity contribution in [2.24, 2.45) is 11.1 Å². The summed E-state index contributed by atoms with van der Waals surface area (Å²) in [6, 6.07) is 11.9. The van der Waals surface area contributed by atoms with E-state index in [1.165, 1.54) is 36.8 Å². The van der Waals surface area contributed by atoms with Crippen molar-refractivity contribution in [2.75, 3.05) is 23.3 Å². The van der Waals surface area contributed by atoms with Crippen molar-refractivity contribution in [3.05, 3.63) is 30.3 Å². The predicted octanol–water partition coefficient (Wildman–Crippen LogP) is 3.53. The van der Waals surface area contributed by atoms with Gasteiger partial charge in [-0.15, -0.1) is 0 Å². The van der Waals surface area contributed by atoms with E-state index in [0.717, 1.165) is 24.4 Å². The SMILES string of the molecule is CC1CN(c2ccc3cc(NC4CC5(CC(N)C5)C4)ccc3n2)CC(C)O1. The van der Waals surface area contributed by atoms with E-state index >= 15 is 0 Å². The lowest BCUT2D eigenvalue weighted by Crippen LogP contribution is -2.57. The molecule has 2 unspecified atom stereocenters. The molecule has 3 N–H and O–H groups in total. The van der Waals surface area contributed by atoms with E-state index in [0.29, 0.717) is 17.5 Å². The van der Waals surface area contributed by atoms with Crippen LogP contribution in [0, 0.1) is 5.41 Å². The summed E-state index contributed by atoms with van der Waals surface area (Å²) in [6.45, 7) is 6.05. The smallest absolute Gasteiger partial charge is 0.129 e. The fourth-order valence-corrected chi connectivity index (χ4v) is 5.45. The third-order valence-electron chi connectivity index (χ3n) is 6.54. The zero-order chi connectivity index (χ0) is 18.6. The quantitative estimate of drug-likeness (QED) is 0.870. The lowest BCUT2D eigenvalue weighted by molar-refractivity contribution is -0.00544. The molecule has 3 aliphatic rings. The molecule has 2 aromatic rings. The van der Waals surface area contributed by atoms with E-state index in [2.05, 4.69) is 54.4 Å². The highest BCUT2D eigenvalue weighted by atomic mass is 16.5. The third-order valence-corrected chi connectivity index (χ3v) is 6.54. The second kappa shape index (κ2) is 6.35. The molecule has 27 heavy (non-hydrogen) atoms. The van der Waals surface area contributed by atoms with Crippen molar-refractivity contribution in [1.82, 2.24) is 4.98 Å². The first-order valence-corrected chi connectivity index (χ1v) is 10.3. The van der Waals surface area contributed by atoms with Gasteiger partial charge in [-0.1, -0.05) is 0 Å². The van der Waals surface area contributed by atoms with Crippen molar-refractivity contribution < 1.29 is 4.74 Å². The molecular weight excluding hydrogens is 336 g/mol. The number of nitrogens with one attached hydrogen (secondary N) is 1. The summed E-state index contributed by atoms with van der Waals surface area (Å²) in [6.07, 6.45) is 5.46. The Balaban J connectivity index is 1.28. The van der Waals surface area contributed by atoms with Crippen LogP contribution in [-0.4, -0.2) is 42.4 Å². The van der Waals surface area contributed by atoms with Gasteiger partial charge >= 0.3 is 0 Å². The minimum atomic E-state index is 0.244. The molecule has 2 aliphatic carbocycles. The number of benzene rings is 1. The van der Waals surface area contributed by atoms with Gasteiger partial charge in [-0.05, 0) is 75.3 Å². The first kappa shape index (κ1) is 17.3. The Hall–Kier alpha value is -1.85. The number of rotatable bonds is 3. The summed E-state index contributed by atoms with van der Waals surface area (Å²) < 4.78 is 5.84. The lowest BCUT2D eigenvalue weighted by Gasteiger charge is -2.57. The second-order valence-corrected chi connectivity index (χ2v) is 9.16. The molecule has 1 aromatic carbocycles. The number of hydrogen-bond donors (Lipinski definition) is 2. The summed E-state index contributed by atoms with van der Waals surface area (Å²) in [4.78, 5) is 7.24. The standard InChI is InChI=1S/C22H30N4O/c1-14-12-26(13-15(2)27-14)21-6-3-16-7-18(4-5-20(16)25-21)24-19-10-22(11-19)8-17(23)9-22/h3-7,14-15,17,19,24H,8-13,23H2,1-2H3. The highest BCUT2D eigenvalue weighted by molar-refractivity contribution is 5.84. The number of aromatic nitrogens is 1. The molecule has 0 radical (unpaired) electrons. The molecule has 1 spiro atoms. The minimum Gasteiger partial charge on any atom is -0.382 e. The first-order chi connectivity index (χ1) is 13.0. The van der Waals surface area contributed by atoms with Gasteiger partial charge in [0.1, 0.15) is 5.82 Å². The van der Waals surface area contributed by atoms with E-state index in [9.17, 15) is 0 Å². The average Bonchev–Trinajstić information content (AvgIpc) is 2.57. The second-order valence-electron chi connectivity index (χ2n) is 9.16. The Labute approximate surface area is 161 Å². The zero-order valence-electron chi connectivity index (χ0n) is 16.3. The molecule has 1 saturated heterocycles. The maximum Gasteiger partial charge on any atom is 0.129 e. The zero-order valence-corrected chi connectivity index (χ0v) is 16.3. The number of hydrogen-bond acceptors (Lipinski definition) is 5. The predicted molar refractivity (Wildman–Crippen MR) is 110 cm³/mol. The number of morpholine rings is 1. The van der Waals surface area contributed by atoms with E-state index in [4.69, 9.17) is 15.5 Å². The Morgan fingerprint density at radius 2 is 1.81 bits per heavy atom. The maximum absolute atomic E-state index is 5.97. The normalized spacial score (nSPS) is 35.7. The van der Waals surface area contributed by atoms with E-state index < -0.39 is 0 Å². The topological polar surface area (TPSA) is 63.4 Å². The largest absolute Gasteiger partial charge is 0.382 e. The van der Waals surface area contributed by atoms with Crippen LogP contribution in [0.1, 0.15) is 39.5 Å². The molecule has 1 aliphatic heterocycles. The van der Waals surface area contributed by atoms with Crippen LogP contribution in [-0.2, 0) is 4.74 Å².